The quantitative estimate of drug-likeness (QED) is 0.400. The Labute approximate surface area is 174 Å². The fourth-order valence-corrected chi connectivity index (χ4v) is 4.02. The number of nitro benzene ring substituents is 1. The minimum absolute atomic E-state index is 0.0836. The molecule has 1 heterocycles. The molecular formula is C23H24N3O4+. The van der Waals surface area contributed by atoms with E-state index in [2.05, 4.69) is 11.9 Å². The number of ether oxygens (including phenoxy) is 1. The highest BCUT2D eigenvalue weighted by Crippen LogP contribution is 2.33. The van der Waals surface area contributed by atoms with Crippen LogP contribution < -0.4 is 14.5 Å². The molecule has 7 heteroatoms. The van der Waals surface area contributed by atoms with Crippen LogP contribution in [0.2, 0.25) is 0 Å². The second kappa shape index (κ2) is 8.12. The molecule has 7 nitrogen and oxygen atoms in total. The maximum atomic E-state index is 13.7. The molecule has 154 valence electrons. The lowest BCUT2D eigenvalue weighted by Gasteiger charge is -2.32. The van der Waals surface area contributed by atoms with E-state index < -0.39 is 4.92 Å². The monoisotopic (exact) mass is 406 g/mol. The summed E-state index contributed by atoms with van der Waals surface area (Å²) in [5.41, 5.74) is 1.53. The summed E-state index contributed by atoms with van der Waals surface area (Å²) in [6.45, 7) is 3.51. The number of benzene rings is 3. The smallest absolute Gasteiger partial charge is 0.270 e. The topological polar surface area (TPSA) is 77.1 Å². The van der Waals surface area contributed by atoms with Gasteiger partial charge in [-0.05, 0) is 23.6 Å². The zero-order chi connectivity index (χ0) is 21.3. The van der Waals surface area contributed by atoms with Gasteiger partial charge in [-0.25, -0.2) is 0 Å². The lowest BCUT2D eigenvalue weighted by atomic mass is 9.95. The number of rotatable bonds is 5. The van der Waals surface area contributed by atoms with Gasteiger partial charge in [0, 0.05) is 28.8 Å². The van der Waals surface area contributed by atoms with E-state index in [-0.39, 0.29) is 11.5 Å². The van der Waals surface area contributed by atoms with Crippen molar-refractivity contribution in [2.24, 2.45) is 0 Å². The predicted molar refractivity (Wildman–Crippen MR) is 116 cm³/mol. The molecule has 0 bridgehead atoms. The average molecular weight is 406 g/mol. The molecule has 0 atom stereocenters. The normalized spacial score (nSPS) is 14.7. The molecule has 3 aromatic rings. The molecule has 1 aliphatic heterocycles. The highest BCUT2D eigenvalue weighted by atomic mass is 16.6. The average Bonchev–Trinajstić information content (AvgIpc) is 2.78. The fraction of sp³-hybridized carbons (Fsp3) is 0.261. The number of likely N-dealkylation sites (N-methyl/N-ethyl adjacent to an activating group) is 1. The summed E-state index contributed by atoms with van der Waals surface area (Å²) in [7, 11) is 3.74. The Morgan fingerprint density at radius 1 is 1.03 bits per heavy atom. The second-order valence-corrected chi connectivity index (χ2v) is 7.59. The first-order valence-corrected chi connectivity index (χ1v) is 9.94. The van der Waals surface area contributed by atoms with E-state index >= 15 is 0 Å². The number of fused-ring (bicyclic) bond motifs is 1. The molecule has 0 spiro atoms. The first kappa shape index (κ1) is 19.8. The molecule has 1 fully saturated rings. The molecule has 0 unspecified atom stereocenters. The lowest BCUT2D eigenvalue weighted by Crippen LogP contribution is -3.12. The number of non-ortho nitro benzene ring substituents is 1. The standard InChI is InChI=1S/C23H23N3O4/c1-24-11-13-25(14-12-24)21-9-7-16(26(28)29)15-20(21)23(27)19-8-10-22(30-2)18-6-4-3-5-17(18)19/h3-10,15H,11-14H2,1-2H3/p+1. The van der Waals surface area contributed by atoms with E-state index in [9.17, 15) is 14.9 Å². The number of hydrogen-bond acceptors (Lipinski definition) is 5. The van der Waals surface area contributed by atoms with Gasteiger partial charge in [-0.2, -0.15) is 0 Å². The van der Waals surface area contributed by atoms with Crippen molar-refractivity contribution in [3.05, 3.63) is 75.8 Å². The predicted octanol–water partition coefficient (Wildman–Crippen LogP) is 2.32. The molecule has 0 amide bonds. The molecule has 0 aromatic heterocycles. The van der Waals surface area contributed by atoms with Gasteiger partial charge in [-0.3, -0.25) is 14.9 Å². The number of anilines is 1. The Morgan fingerprint density at radius 2 is 1.73 bits per heavy atom. The van der Waals surface area contributed by atoms with E-state index in [4.69, 9.17) is 4.74 Å². The number of methoxy groups -OCH3 is 1. The zero-order valence-corrected chi connectivity index (χ0v) is 17.1. The minimum Gasteiger partial charge on any atom is -0.496 e. The number of carbonyl (C=O) groups is 1. The highest BCUT2D eigenvalue weighted by molar-refractivity contribution is 6.19. The highest BCUT2D eigenvalue weighted by Gasteiger charge is 2.26. The van der Waals surface area contributed by atoms with E-state index in [1.807, 2.05) is 24.3 Å². The number of nitrogens with zero attached hydrogens (tertiary/aromatic N) is 2. The van der Waals surface area contributed by atoms with E-state index in [1.54, 1.807) is 25.3 Å². The Morgan fingerprint density at radius 3 is 2.40 bits per heavy atom. The number of nitrogens with one attached hydrogen (secondary N) is 1. The van der Waals surface area contributed by atoms with Crippen LogP contribution >= 0.6 is 0 Å². The van der Waals surface area contributed by atoms with Crippen LogP contribution in [0, 0.1) is 10.1 Å². The Balaban J connectivity index is 1.85. The van der Waals surface area contributed by atoms with Crippen LogP contribution in [0.25, 0.3) is 10.8 Å². The maximum Gasteiger partial charge on any atom is 0.270 e. The van der Waals surface area contributed by atoms with Crippen LogP contribution in [0.4, 0.5) is 11.4 Å². The summed E-state index contributed by atoms with van der Waals surface area (Å²) < 4.78 is 5.44. The first-order chi connectivity index (χ1) is 14.5. The molecule has 0 aliphatic carbocycles. The fourth-order valence-electron chi connectivity index (χ4n) is 4.02. The van der Waals surface area contributed by atoms with Gasteiger partial charge in [0.05, 0.1) is 50.8 Å². The number of hydrogen-bond donors (Lipinski definition) is 1. The van der Waals surface area contributed by atoms with E-state index in [0.29, 0.717) is 16.9 Å². The van der Waals surface area contributed by atoms with Crippen molar-refractivity contribution in [2.45, 2.75) is 0 Å². The van der Waals surface area contributed by atoms with E-state index in [1.165, 1.54) is 17.0 Å². The largest absolute Gasteiger partial charge is 0.496 e. The molecule has 1 saturated heterocycles. The van der Waals surface area contributed by atoms with Gasteiger partial charge in [0.1, 0.15) is 5.75 Å². The summed E-state index contributed by atoms with van der Waals surface area (Å²) in [6.07, 6.45) is 0. The summed E-state index contributed by atoms with van der Waals surface area (Å²) in [5.74, 6) is 0.460. The molecule has 30 heavy (non-hydrogen) atoms. The van der Waals surface area contributed by atoms with Gasteiger partial charge in [0.15, 0.2) is 5.78 Å². The third-order valence-corrected chi connectivity index (χ3v) is 5.74. The summed E-state index contributed by atoms with van der Waals surface area (Å²) in [4.78, 5) is 28.2. The van der Waals surface area contributed by atoms with Gasteiger partial charge >= 0.3 is 0 Å². The number of ketones is 1. The Hall–Kier alpha value is -3.45. The number of nitro groups is 1. The number of carbonyl (C=O) groups excluding carboxylic acids is 1. The van der Waals surface area contributed by atoms with Gasteiger partial charge in [-0.1, -0.05) is 24.3 Å². The van der Waals surface area contributed by atoms with Crippen molar-refractivity contribution < 1.29 is 19.4 Å². The SMILES string of the molecule is COc1ccc(C(=O)c2cc([N+](=O)[O-])ccc2N2CC[NH+](C)CC2)c2ccccc12. The van der Waals surface area contributed by atoms with Crippen molar-refractivity contribution in [3.63, 3.8) is 0 Å². The van der Waals surface area contributed by atoms with Crippen LogP contribution in [-0.4, -0.2) is 51.0 Å². The second-order valence-electron chi connectivity index (χ2n) is 7.59. The van der Waals surface area contributed by atoms with Crippen molar-refractivity contribution in [2.75, 3.05) is 45.2 Å². The van der Waals surface area contributed by atoms with Crippen LogP contribution in [0.15, 0.2) is 54.6 Å². The van der Waals surface area contributed by atoms with Gasteiger partial charge < -0.3 is 14.5 Å². The number of quaternary nitrogens is 1. The van der Waals surface area contributed by atoms with Gasteiger partial charge in [0.2, 0.25) is 0 Å². The summed E-state index contributed by atoms with van der Waals surface area (Å²) >= 11 is 0. The Bertz CT molecular complexity index is 1120. The van der Waals surface area contributed by atoms with Crippen LogP contribution in [0.3, 0.4) is 0 Å². The molecule has 0 radical (unpaired) electrons. The van der Waals surface area contributed by atoms with Gasteiger partial charge in [0.25, 0.3) is 5.69 Å². The van der Waals surface area contributed by atoms with Crippen molar-refractivity contribution in [1.29, 1.82) is 0 Å². The third-order valence-electron chi connectivity index (χ3n) is 5.74. The van der Waals surface area contributed by atoms with E-state index in [0.717, 1.165) is 42.6 Å². The Kier molecular flexibility index (Phi) is 5.37. The molecule has 1 aliphatic rings. The lowest BCUT2D eigenvalue weighted by molar-refractivity contribution is -0.880. The van der Waals surface area contributed by atoms with Crippen LogP contribution in [0.5, 0.6) is 5.75 Å². The molecule has 3 aromatic carbocycles. The van der Waals surface area contributed by atoms with Crippen LogP contribution in [-0.2, 0) is 0 Å². The molecule has 1 N–H and O–H groups in total. The molecular weight excluding hydrogens is 382 g/mol. The summed E-state index contributed by atoms with van der Waals surface area (Å²) in [6, 6.07) is 15.6. The zero-order valence-electron chi connectivity index (χ0n) is 17.1. The number of piperazine rings is 1. The molecule has 0 saturated carbocycles. The van der Waals surface area contributed by atoms with Crippen molar-refractivity contribution >= 4 is 27.9 Å². The summed E-state index contributed by atoms with van der Waals surface area (Å²) in [5, 5.41) is 13.0. The third kappa shape index (κ3) is 3.59. The van der Waals surface area contributed by atoms with Gasteiger partial charge in [-0.15, -0.1) is 0 Å². The maximum absolute atomic E-state index is 13.7. The van der Waals surface area contributed by atoms with Crippen LogP contribution in [0.1, 0.15) is 15.9 Å². The minimum atomic E-state index is -0.458. The van der Waals surface area contributed by atoms with Crippen molar-refractivity contribution in [1.82, 2.24) is 0 Å². The first-order valence-electron chi connectivity index (χ1n) is 9.94. The van der Waals surface area contributed by atoms with Crippen molar-refractivity contribution in [3.8, 4) is 5.75 Å². The molecule has 4 rings (SSSR count).